The van der Waals surface area contributed by atoms with Gasteiger partial charge in [-0.25, -0.2) is 4.79 Å². The molecule has 0 saturated carbocycles. The van der Waals surface area contributed by atoms with Gasteiger partial charge in [-0.1, -0.05) is 6.07 Å². The zero-order chi connectivity index (χ0) is 12.8. The highest BCUT2D eigenvalue weighted by molar-refractivity contribution is 5.97. The van der Waals surface area contributed by atoms with E-state index in [1.165, 1.54) is 13.2 Å². The minimum Gasteiger partial charge on any atom is -0.465 e. The van der Waals surface area contributed by atoms with E-state index in [0.29, 0.717) is 11.1 Å². The summed E-state index contributed by atoms with van der Waals surface area (Å²) in [6, 6.07) is 5.88. The number of rotatable bonds is 4. The van der Waals surface area contributed by atoms with E-state index in [2.05, 4.69) is 10.1 Å². The molecule has 0 aromatic heterocycles. The van der Waals surface area contributed by atoms with Crippen LogP contribution in [0.25, 0.3) is 0 Å². The second-order valence-electron chi connectivity index (χ2n) is 3.63. The molecule has 0 aliphatic carbocycles. The predicted molar refractivity (Wildman–Crippen MR) is 61.8 cm³/mol. The topological polar surface area (TPSA) is 75.6 Å². The first-order valence-electron chi connectivity index (χ1n) is 5.18. The maximum Gasteiger partial charge on any atom is 0.337 e. The number of aliphatic hydroxyl groups is 1. The smallest absolute Gasteiger partial charge is 0.337 e. The van der Waals surface area contributed by atoms with Gasteiger partial charge in [0.25, 0.3) is 5.91 Å². The van der Waals surface area contributed by atoms with Crippen LogP contribution in [0.5, 0.6) is 0 Å². The van der Waals surface area contributed by atoms with Crippen LogP contribution in [-0.4, -0.2) is 36.7 Å². The highest BCUT2D eigenvalue weighted by Gasteiger charge is 2.12. The number of hydrogen-bond donors (Lipinski definition) is 2. The van der Waals surface area contributed by atoms with Gasteiger partial charge in [-0.2, -0.15) is 0 Å². The van der Waals surface area contributed by atoms with Crippen molar-refractivity contribution in [3.05, 3.63) is 35.4 Å². The lowest BCUT2D eigenvalue weighted by molar-refractivity contribution is 0.0600. The van der Waals surface area contributed by atoms with Gasteiger partial charge in [-0.3, -0.25) is 4.79 Å². The Balaban J connectivity index is 2.84. The molecule has 92 valence electrons. The molecule has 1 aromatic carbocycles. The Morgan fingerprint density at radius 1 is 1.41 bits per heavy atom. The largest absolute Gasteiger partial charge is 0.465 e. The van der Waals surface area contributed by atoms with Crippen LogP contribution in [0, 0.1) is 0 Å². The first kappa shape index (κ1) is 13.2. The molecule has 1 unspecified atom stereocenters. The van der Waals surface area contributed by atoms with Gasteiger partial charge in [0.1, 0.15) is 0 Å². The molecule has 0 aliphatic rings. The summed E-state index contributed by atoms with van der Waals surface area (Å²) < 4.78 is 4.56. The van der Waals surface area contributed by atoms with E-state index in [-0.39, 0.29) is 18.6 Å². The van der Waals surface area contributed by atoms with Crippen molar-refractivity contribution < 1.29 is 19.4 Å². The second-order valence-corrected chi connectivity index (χ2v) is 3.63. The summed E-state index contributed by atoms with van der Waals surface area (Å²) in [4.78, 5) is 23.0. The summed E-state index contributed by atoms with van der Waals surface area (Å²) in [6.07, 6.45) is 0. The van der Waals surface area contributed by atoms with Crippen molar-refractivity contribution >= 4 is 11.9 Å². The van der Waals surface area contributed by atoms with E-state index in [1.54, 1.807) is 25.1 Å². The normalized spacial score (nSPS) is 11.7. The van der Waals surface area contributed by atoms with E-state index >= 15 is 0 Å². The molecule has 1 aromatic rings. The zero-order valence-corrected chi connectivity index (χ0v) is 9.77. The Labute approximate surface area is 99.4 Å². The average molecular weight is 237 g/mol. The molecule has 1 amide bonds. The Morgan fingerprint density at radius 3 is 2.65 bits per heavy atom. The SMILES string of the molecule is COC(=O)c1cccc(C(=O)NC(C)CO)c1. The molecule has 5 nitrogen and oxygen atoms in total. The molecule has 0 bridgehead atoms. The van der Waals surface area contributed by atoms with Gasteiger partial charge < -0.3 is 15.2 Å². The van der Waals surface area contributed by atoms with Crippen molar-refractivity contribution in [2.75, 3.05) is 13.7 Å². The van der Waals surface area contributed by atoms with Gasteiger partial charge in [0.2, 0.25) is 0 Å². The number of nitrogens with one attached hydrogen (secondary N) is 1. The number of amides is 1. The molecule has 17 heavy (non-hydrogen) atoms. The maximum atomic E-state index is 11.7. The number of hydrogen-bond acceptors (Lipinski definition) is 4. The third kappa shape index (κ3) is 3.57. The van der Waals surface area contributed by atoms with Crippen molar-refractivity contribution in [2.45, 2.75) is 13.0 Å². The lowest BCUT2D eigenvalue weighted by Gasteiger charge is -2.11. The molecular weight excluding hydrogens is 222 g/mol. The summed E-state index contributed by atoms with van der Waals surface area (Å²) in [5.74, 6) is -0.827. The van der Waals surface area contributed by atoms with E-state index < -0.39 is 5.97 Å². The van der Waals surface area contributed by atoms with Crippen LogP contribution in [0.2, 0.25) is 0 Å². The molecule has 5 heteroatoms. The van der Waals surface area contributed by atoms with Crippen LogP contribution in [0.1, 0.15) is 27.6 Å². The molecule has 0 spiro atoms. The predicted octanol–water partition coefficient (Wildman–Crippen LogP) is 0.584. The highest BCUT2D eigenvalue weighted by atomic mass is 16.5. The molecule has 0 aliphatic heterocycles. The Bertz CT molecular complexity index is 417. The third-order valence-electron chi connectivity index (χ3n) is 2.20. The lowest BCUT2D eigenvalue weighted by Crippen LogP contribution is -2.35. The number of methoxy groups -OCH3 is 1. The highest BCUT2D eigenvalue weighted by Crippen LogP contribution is 2.06. The number of carbonyl (C=O) groups excluding carboxylic acids is 2. The molecule has 2 N–H and O–H groups in total. The van der Waals surface area contributed by atoms with Crippen LogP contribution >= 0.6 is 0 Å². The number of carbonyl (C=O) groups is 2. The van der Waals surface area contributed by atoms with Gasteiger partial charge in [0, 0.05) is 11.6 Å². The van der Waals surface area contributed by atoms with E-state index in [4.69, 9.17) is 5.11 Å². The van der Waals surface area contributed by atoms with Crippen molar-refractivity contribution in [3.63, 3.8) is 0 Å². The van der Waals surface area contributed by atoms with Gasteiger partial charge >= 0.3 is 5.97 Å². The van der Waals surface area contributed by atoms with Crippen LogP contribution in [0.4, 0.5) is 0 Å². The minimum absolute atomic E-state index is 0.136. The van der Waals surface area contributed by atoms with Crippen LogP contribution < -0.4 is 5.32 Å². The van der Waals surface area contributed by atoms with Crippen molar-refractivity contribution in [1.29, 1.82) is 0 Å². The number of benzene rings is 1. The first-order valence-corrected chi connectivity index (χ1v) is 5.18. The van der Waals surface area contributed by atoms with Crippen molar-refractivity contribution in [2.24, 2.45) is 0 Å². The molecule has 0 fully saturated rings. The fraction of sp³-hybridized carbons (Fsp3) is 0.333. The van der Waals surface area contributed by atoms with Crippen LogP contribution in [-0.2, 0) is 4.74 Å². The maximum absolute atomic E-state index is 11.7. The summed E-state index contributed by atoms with van der Waals surface area (Å²) in [5, 5.41) is 11.4. The summed E-state index contributed by atoms with van der Waals surface area (Å²) in [7, 11) is 1.28. The fourth-order valence-electron chi connectivity index (χ4n) is 1.26. The van der Waals surface area contributed by atoms with Crippen LogP contribution in [0.3, 0.4) is 0 Å². The number of esters is 1. The Kier molecular flexibility index (Phi) is 4.66. The summed E-state index contributed by atoms with van der Waals surface area (Å²) >= 11 is 0. The van der Waals surface area contributed by atoms with Gasteiger partial charge in [0.15, 0.2) is 0 Å². The minimum atomic E-state index is -0.491. The van der Waals surface area contributed by atoms with Gasteiger partial charge in [0.05, 0.1) is 19.3 Å². The van der Waals surface area contributed by atoms with Crippen molar-refractivity contribution in [3.8, 4) is 0 Å². The Morgan fingerprint density at radius 2 is 2.06 bits per heavy atom. The van der Waals surface area contributed by atoms with E-state index in [1.807, 2.05) is 0 Å². The van der Waals surface area contributed by atoms with E-state index in [0.717, 1.165) is 0 Å². The molecule has 0 saturated heterocycles. The summed E-state index contributed by atoms with van der Waals surface area (Å²) in [5.41, 5.74) is 0.671. The molecular formula is C12H15NO4. The molecule has 0 heterocycles. The average Bonchev–Trinajstić information content (AvgIpc) is 2.37. The molecule has 1 atom stereocenters. The lowest BCUT2D eigenvalue weighted by atomic mass is 10.1. The van der Waals surface area contributed by atoms with E-state index in [9.17, 15) is 9.59 Å². The fourth-order valence-corrected chi connectivity index (χ4v) is 1.26. The standard InChI is InChI=1S/C12H15NO4/c1-8(7-14)13-11(15)9-4-3-5-10(6-9)12(16)17-2/h3-6,8,14H,7H2,1-2H3,(H,13,15). The molecule has 0 radical (unpaired) electrons. The zero-order valence-electron chi connectivity index (χ0n) is 9.77. The Hall–Kier alpha value is -1.88. The first-order chi connectivity index (χ1) is 8.08. The monoisotopic (exact) mass is 237 g/mol. The van der Waals surface area contributed by atoms with Gasteiger partial charge in [-0.15, -0.1) is 0 Å². The molecule has 1 rings (SSSR count). The summed E-state index contributed by atoms with van der Waals surface area (Å²) in [6.45, 7) is 1.55. The van der Waals surface area contributed by atoms with Crippen LogP contribution in [0.15, 0.2) is 24.3 Å². The quantitative estimate of drug-likeness (QED) is 0.751. The second kappa shape index (κ2) is 6.00. The third-order valence-corrected chi connectivity index (χ3v) is 2.20. The number of aliphatic hydroxyl groups excluding tert-OH is 1. The van der Waals surface area contributed by atoms with Crippen molar-refractivity contribution in [1.82, 2.24) is 5.32 Å². The van der Waals surface area contributed by atoms with Gasteiger partial charge in [-0.05, 0) is 25.1 Å². The number of ether oxygens (including phenoxy) is 1.